The molecule has 0 radical (unpaired) electrons. The number of likely N-dealkylation sites (N-methyl/N-ethyl adjacent to an activating group) is 1. The number of rotatable bonds is 5. The molecule has 208 valence electrons. The van der Waals surface area contributed by atoms with Crippen LogP contribution in [0.15, 0.2) is 53.1 Å². The van der Waals surface area contributed by atoms with E-state index >= 15 is 0 Å². The first kappa shape index (κ1) is 25.7. The predicted octanol–water partition coefficient (Wildman–Crippen LogP) is 6.27. The van der Waals surface area contributed by atoms with Crippen molar-refractivity contribution in [3.8, 4) is 28.1 Å². The summed E-state index contributed by atoms with van der Waals surface area (Å²) in [6.45, 7) is 11.2. The Hall–Kier alpha value is -4.27. The molecule has 0 atom stereocenters. The predicted molar refractivity (Wildman–Crippen MR) is 163 cm³/mol. The number of aryl methyl sites for hydroxylation is 3. The lowest BCUT2D eigenvalue weighted by Crippen LogP contribution is -2.43. The lowest BCUT2D eigenvalue weighted by atomic mass is 9.95. The molecule has 1 aliphatic rings. The maximum Gasteiger partial charge on any atom is 0.142 e. The third-order valence-corrected chi connectivity index (χ3v) is 8.44. The number of ether oxygens (including phenoxy) is 1. The van der Waals surface area contributed by atoms with Crippen LogP contribution in [0.25, 0.3) is 55.1 Å². The van der Waals surface area contributed by atoms with E-state index in [1.807, 2.05) is 20.8 Å². The molecule has 1 N–H and O–H groups in total. The number of nitrogens with one attached hydrogen (secondary N) is 1. The van der Waals surface area contributed by atoms with Gasteiger partial charge in [-0.3, -0.25) is 4.90 Å². The van der Waals surface area contributed by atoms with E-state index in [-0.39, 0.29) is 0 Å². The molecule has 0 amide bonds. The van der Waals surface area contributed by atoms with Crippen molar-refractivity contribution in [1.82, 2.24) is 29.9 Å². The molecule has 0 bridgehead atoms. The van der Waals surface area contributed by atoms with E-state index in [0.717, 1.165) is 100 Å². The van der Waals surface area contributed by atoms with Gasteiger partial charge in [0.15, 0.2) is 0 Å². The number of hydrogen-bond donors (Lipinski definition) is 1. The summed E-state index contributed by atoms with van der Waals surface area (Å²) in [6.07, 6.45) is 0. The molecule has 1 saturated heterocycles. The van der Waals surface area contributed by atoms with E-state index in [2.05, 4.69) is 75.5 Å². The molecule has 8 nitrogen and oxygen atoms in total. The van der Waals surface area contributed by atoms with E-state index < -0.39 is 0 Å². The molecule has 0 unspecified atom stereocenters. The fourth-order valence-corrected chi connectivity index (χ4v) is 6.32. The lowest BCUT2D eigenvalue weighted by Gasteiger charge is -2.32. The molecule has 41 heavy (non-hydrogen) atoms. The highest BCUT2D eigenvalue weighted by Crippen LogP contribution is 2.42. The Labute approximate surface area is 238 Å². The standard InChI is InChI=1S/C33H34N6O2/c1-19-30(20(2)41-37-19)27-16-28-26(17-29(27)40-5)31-32(34-21(3)35-33(31)36-28)25-11-10-22(23-8-6-7-9-24(23)25)18-39-14-12-38(4)13-15-39/h6-11,16-17H,12-15,18H2,1-5H3,(H,34,35,36). The van der Waals surface area contributed by atoms with Crippen LogP contribution in [0.3, 0.4) is 0 Å². The third-order valence-electron chi connectivity index (χ3n) is 8.44. The van der Waals surface area contributed by atoms with Crippen molar-refractivity contribution >= 4 is 32.7 Å². The largest absolute Gasteiger partial charge is 0.496 e. The molecule has 1 fully saturated rings. The zero-order chi connectivity index (χ0) is 28.2. The van der Waals surface area contributed by atoms with Crippen molar-refractivity contribution in [2.75, 3.05) is 40.3 Å². The van der Waals surface area contributed by atoms with E-state index in [0.29, 0.717) is 0 Å². The van der Waals surface area contributed by atoms with Gasteiger partial charge in [-0.2, -0.15) is 0 Å². The zero-order valence-electron chi connectivity index (χ0n) is 24.2. The van der Waals surface area contributed by atoms with Crippen LogP contribution in [0, 0.1) is 20.8 Å². The number of aromatic amines is 1. The fraction of sp³-hybridized carbons (Fsp3) is 0.303. The Morgan fingerprint density at radius 1 is 0.902 bits per heavy atom. The summed E-state index contributed by atoms with van der Waals surface area (Å²) in [7, 11) is 3.90. The van der Waals surface area contributed by atoms with Gasteiger partial charge in [0.1, 0.15) is 23.0 Å². The minimum absolute atomic E-state index is 0.725. The average molecular weight is 547 g/mol. The van der Waals surface area contributed by atoms with Gasteiger partial charge in [0.2, 0.25) is 0 Å². The van der Waals surface area contributed by atoms with Crippen LogP contribution < -0.4 is 4.74 Å². The first-order valence-electron chi connectivity index (χ1n) is 14.1. The first-order chi connectivity index (χ1) is 19.9. The third kappa shape index (κ3) is 4.34. The van der Waals surface area contributed by atoms with Crippen molar-refractivity contribution in [2.24, 2.45) is 0 Å². The molecule has 0 aliphatic carbocycles. The lowest BCUT2D eigenvalue weighted by molar-refractivity contribution is 0.148. The van der Waals surface area contributed by atoms with Gasteiger partial charge < -0.3 is 19.1 Å². The molecule has 8 heteroatoms. The normalized spacial score (nSPS) is 15.0. The van der Waals surface area contributed by atoms with Crippen molar-refractivity contribution in [2.45, 2.75) is 27.3 Å². The average Bonchev–Trinajstić information content (AvgIpc) is 3.50. The smallest absolute Gasteiger partial charge is 0.142 e. The molecular weight excluding hydrogens is 512 g/mol. The molecule has 7 rings (SSSR count). The number of benzene rings is 3. The SMILES string of the molecule is COc1cc2c(cc1-c1c(C)noc1C)[nH]c1nc(C)nc(-c3ccc(CN4CCN(C)CC4)c4ccccc34)c12. The highest BCUT2D eigenvalue weighted by Gasteiger charge is 2.22. The number of piperazine rings is 1. The summed E-state index contributed by atoms with van der Waals surface area (Å²) in [6, 6.07) is 17.4. The topological polar surface area (TPSA) is 83.3 Å². The number of fused-ring (bicyclic) bond motifs is 4. The maximum absolute atomic E-state index is 5.91. The van der Waals surface area contributed by atoms with E-state index in [1.54, 1.807) is 7.11 Å². The summed E-state index contributed by atoms with van der Waals surface area (Å²) in [5.74, 6) is 2.24. The summed E-state index contributed by atoms with van der Waals surface area (Å²) in [5.41, 5.74) is 7.87. The second-order valence-electron chi connectivity index (χ2n) is 11.2. The van der Waals surface area contributed by atoms with E-state index in [1.165, 1.54) is 16.3 Å². The number of hydrogen-bond acceptors (Lipinski definition) is 7. The molecule has 0 spiro atoms. The Morgan fingerprint density at radius 2 is 1.68 bits per heavy atom. The molecule has 0 saturated carbocycles. The second kappa shape index (κ2) is 9.98. The number of nitrogens with zero attached hydrogens (tertiary/aromatic N) is 5. The molecule has 4 heterocycles. The Morgan fingerprint density at radius 3 is 2.41 bits per heavy atom. The highest BCUT2D eigenvalue weighted by atomic mass is 16.5. The van der Waals surface area contributed by atoms with Crippen LogP contribution >= 0.6 is 0 Å². The van der Waals surface area contributed by atoms with E-state index in [9.17, 15) is 0 Å². The molecule has 3 aromatic carbocycles. The highest BCUT2D eigenvalue weighted by molar-refractivity contribution is 6.16. The van der Waals surface area contributed by atoms with E-state index in [4.69, 9.17) is 19.2 Å². The van der Waals surface area contributed by atoms with Gasteiger partial charge in [0, 0.05) is 54.8 Å². The van der Waals surface area contributed by atoms with Gasteiger partial charge >= 0.3 is 0 Å². The molecular formula is C33H34N6O2. The maximum atomic E-state index is 5.91. The van der Waals surface area contributed by atoms with Crippen molar-refractivity contribution < 1.29 is 9.26 Å². The van der Waals surface area contributed by atoms with Crippen molar-refractivity contribution in [1.29, 1.82) is 0 Å². The molecule has 3 aromatic heterocycles. The minimum atomic E-state index is 0.725. The van der Waals surface area contributed by atoms with Crippen LogP contribution in [0.2, 0.25) is 0 Å². The van der Waals surface area contributed by atoms with Gasteiger partial charge in [0.05, 0.1) is 29.4 Å². The summed E-state index contributed by atoms with van der Waals surface area (Å²) in [5, 5.41) is 8.65. The Balaban J connectivity index is 1.42. The summed E-state index contributed by atoms with van der Waals surface area (Å²) >= 11 is 0. The monoisotopic (exact) mass is 546 g/mol. The van der Waals surface area contributed by atoms with Gasteiger partial charge in [-0.1, -0.05) is 41.6 Å². The molecule has 1 aliphatic heterocycles. The second-order valence-corrected chi connectivity index (χ2v) is 11.2. The summed E-state index contributed by atoms with van der Waals surface area (Å²) in [4.78, 5) is 18.4. The number of methoxy groups -OCH3 is 1. The quantitative estimate of drug-likeness (QED) is 0.273. The number of aromatic nitrogens is 4. The van der Waals surface area contributed by atoms with Gasteiger partial charge in [0.25, 0.3) is 0 Å². The van der Waals surface area contributed by atoms with Gasteiger partial charge in [-0.25, -0.2) is 9.97 Å². The van der Waals surface area contributed by atoms with Crippen molar-refractivity contribution in [3.63, 3.8) is 0 Å². The van der Waals surface area contributed by atoms with Crippen LogP contribution in [0.1, 0.15) is 22.8 Å². The van der Waals surface area contributed by atoms with Crippen LogP contribution in [-0.4, -0.2) is 70.2 Å². The zero-order valence-corrected chi connectivity index (χ0v) is 24.2. The summed E-state index contributed by atoms with van der Waals surface area (Å²) < 4.78 is 11.4. The number of H-pyrrole nitrogens is 1. The Kier molecular flexibility index (Phi) is 6.25. The van der Waals surface area contributed by atoms with Crippen LogP contribution in [0.4, 0.5) is 0 Å². The van der Waals surface area contributed by atoms with Gasteiger partial charge in [-0.15, -0.1) is 0 Å². The van der Waals surface area contributed by atoms with Crippen molar-refractivity contribution in [3.05, 3.63) is 71.4 Å². The molecule has 6 aromatic rings. The fourth-order valence-electron chi connectivity index (χ4n) is 6.32. The Bertz CT molecular complexity index is 1910. The van der Waals surface area contributed by atoms with Crippen LogP contribution in [-0.2, 0) is 6.54 Å². The van der Waals surface area contributed by atoms with Crippen LogP contribution in [0.5, 0.6) is 5.75 Å². The minimum Gasteiger partial charge on any atom is -0.496 e. The first-order valence-corrected chi connectivity index (χ1v) is 14.1. The van der Waals surface area contributed by atoms with Gasteiger partial charge in [-0.05, 0) is 56.3 Å².